The van der Waals surface area contributed by atoms with E-state index in [0.29, 0.717) is 25.9 Å². The van der Waals surface area contributed by atoms with E-state index >= 15 is 0 Å². The van der Waals surface area contributed by atoms with Crippen LogP contribution in [0.25, 0.3) is 21.5 Å². The summed E-state index contributed by atoms with van der Waals surface area (Å²) in [4.78, 5) is 11.2. The van der Waals surface area contributed by atoms with Crippen molar-refractivity contribution in [3.05, 3.63) is 72.8 Å². The summed E-state index contributed by atoms with van der Waals surface area (Å²) in [6.07, 6.45) is 1.30. The molecule has 1 atom stereocenters. The highest BCUT2D eigenvalue weighted by Gasteiger charge is 2.17. The molecule has 0 saturated heterocycles. The number of carboxylic acid groups (broad SMARTS) is 1. The third-order valence-corrected chi connectivity index (χ3v) is 4.51. The zero-order chi connectivity index (χ0) is 18.4. The van der Waals surface area contributed by atoms with Crippen molar-refractivity contribution in [2.24, 2.45) is 0 Å². The fraction of sp³-hybridized carbons (Fsp3) is 0.227. The van der Waals surface area contributed by atoms with Gasteiger partial charge >= 0.3 is 6.16 Å². The van der Waals surface area contributed by atoms with Crippen LogP contribution in [0, 0.1) is 0 Å². The quantitative estimate of drug-likeness (QED) is 0.266. The van der Waals surface area contributed by atoms with E-state index in [0.717, 1.165) is 27.1 Å². The number of benzene rings is 3. The summed E-state index contributed by atoms with van der Waals surface area (Å²) in [5, 5.41) is 16.9. The minimum absolute atomic E-state index is 0.404. The third kappa shape index (κ3) is 4.21. The van der Waals surface area contributed by atoms with Crippen molar-refractivity contribution in [1.29, 1.82) is 0 Å². The van der Waals surface area contributed by atoms with E-state index in [1.165, 1.54) is 0 Å². The molecule has 0 aliphatic rings. The summed E-state index contributed by atoms with van der Waals surface area (Å²) in [5.74, 6) is 0. The van der Waals surface area contributed by atoms with Crippen molar-refractivity contribution in [2.75, 3.05) is 13.1 Å². The Bertz CT molecular complexity index is 866. The largest absolute Gasteiger partial charge is 0.506 e. The van der Waals surface area contributed by atoms with Gasteiger partial charge in [0.2, 0.25) is 0 Å². The predicted octanol–water partition coefficient (Wildman–Crippen LogP) is 4.76. The van der Waals surface area contributed by atoms with Crippen molar-refractivity contribution in [3.8, 4) is 0 Å². The molecule has 0 amide bonds. The van der Waals surface area contributed by atoms with Crippen LogP contribution in [0.4, 0.5) is 4.79 Å². The maximum Gasteiger partial charge on any atom is 0.506 e. The summed E-state index contributed by atoms with van der Waals surface area (Å²) < 4.78 is 5.18. The van der Waals surface area contributed by atoms with Crippen LogP contribution in [0.1, 0.15) is 12.0 Å². The molecule has 0 fully saturated rings. The third-order valence-electron chi connectivity index (χ3n) is 4.51. The molecular formula is C22H23NO3. The van der Waals surface area contributed by atoms with Gasteiger partial charge in [-0.1, -0.05) is 54.6 Å². The van der Waals surface area contributed by atoms with Crippen LogP contribution in [-0.4, -0.2) is 30.5 Å². The second-order valence-corrected chi connectivity index (χ2v) is 6.29. The van der Waals surface area contributed by atoms with Crippen LogP contribution in [0.5, 0.6) is 0 Å². The van der Waals surface area contributed by atoms with Crippen molar-refractivity contribution < 1.29 is 14.6 Å². The molecule has 3 aromatic rings. The van der Waals surface area contributed by atoms with Gasteiger partial charge in [0.05, 0.1) is 0 Å². The summed E-state index contributed by atoms with van der Waals surface area (Å²) >= 11 is 0. The lowest BCUT2D eigenvalue weighted by Gasteiger charge is -2.19. The molecule has 0 spiro atoms. The van der Waals surface area contributed by atoms with E-state index < -0.39 is 12.3 Å². The lowest BCUT2D eigenvalue weighted by Crippen LogP contribution is -2.26. The molecule has 0 aromatic heterocycles. The molecule has 4 heteroatoms. The van der Waals surface area contributed by atoms with Gasteiger partial charge in [-0.3, -0.25) is 0 Å². The lowest BCUT2D eigenvalue weighted by molar-refractivity contribution is 0.0488. The normalized spacial score (nSPS) is 12.2. The smallest absolute Gasteiger partial charge is 0.450 e. The minimum Gasteiger partial charge on any atom is -0.450 e. The molecule has 3 aromatic carbocycles. The standard InChI is InChI=1S/C22H23NO3/c1-2-12-23-13-11-18(26-22(24)25)15-21-19-9-5-3-7-16(19)14-17-8-4-6-10-20(17)21/h2-10,14,18,23H,1,11-13,15H2,(H,24,25). The number of hydrogen-bond donors (Lipinski definition) is 2. The molecule has 0 aliphatic heterocycles. The highest BCUT2D eigenvalue weighted by atomic mass is 16.7. The van der Waals surface area contributed by atoms with Crippen LogP contribution in [0.2, 0.25) is 0 Å². The zero-order valence-corrected chi connectivity index (χ0v) is 14.7. The second-order valence-electron chi connectivity index (χ2n) is 6.29. The summed E-state index contributed by atoms with van der Waals surface area (Å²) in [5.41, 5.74) is 1.13. The first-order valence-electron chi connectivity index (χ1n) is 8.79. The first kappa shape index (κ1) is 18.0. The van der Waals surface area contributed by atoms with E-state index in [4.69, 9.17) is 9.84 Å². The topological polar surface area (TPSA) is 58.6 Å². The van der Waals surface area contributed by atoms with Crippen molar-refractivity contribution in [3.63, 3.8) is 0 Å². The van der Waals surface area contributed by atoms with Crippen LogP contribution in [0.15, 0.2) is 67.3 Å². The number of nitrogens with one attached hydrogen (secondary N) is 1. The molecular weight excluding hydrogens is 326 g/mol. The van der Waals surface area contributed by atoms with E-state index in [1.54, 1.807) is 6.08 Å². The van der Waals surface area contributed by atoms with Crippen molar-refractivity contribution in [2.45, 2.75) is 18.9 Å². The molecule has 0 saturated carbocycles. The zero-order valence-electron chi connectivity index (χ0n) is 14.7. The van der Waals surface area contributed by atoms with Crippen LogP contribution >= 0.6 is 0 Å². The van der Waals surface area contributed by atoms with E-state index in [9.17, 15) is 4.79 Å². The number of carbonyl (C=O) groups is 1. The predicted molar refractivity (Wildman–Crippen MR) is 106 cm³/mol. The monoisotopic (exact) mass is 349 g/mol. The Morgan fingerprint density at radius 3 is 2.31 bits per heavy atom. The van der Waals surface area contributed by atoms with Gasteiger partial charge in [-0.2, -0.15) is 0 Å². The molecule has 1 unspecified atom stereocenters. The summed E-state index contributed by atoms with van der Waals surface area (Å²) in [6.45, 7) is 5.04. The average Bonchev–Trinajstić information content (AvgIpc) is 2.64. The van der Waals surface area contributed by atoms with Crippen LogP contribution in [0.3, 0.4) is 0 Å². The fourth-order valence-electron chi connectivity index (χ4n) is 3.37. The van der Waals surface area contributed by atoms with E-state index in [2.05, 4.69) is 42.2 Å². The van der Waals surface area contributed by atoms with Gasteiger partial charge in [-0.05, 0) is 46.1 Å². The number of hydrogen-bond acceptors (Lipinski definition) is 3. The Hall–Kier alpha value is -2.85. The second kappa shape index (κ2) is 8.50. The van der Waals surface area contributed by atoms with Gasteiger partial charge in [0, 0.05) is 13.0 Å². The molecule has 4 nitrogen and oxygen atoms in total. The number of fused-ring (bicyclic) bond motifs is 2. The van der Waals surface area contributed by atoms with E-state index in [-0.39, 0.29) is 0 Å². The molecule has 2 N–H and O–H groups in total. The fourth-order valence-corrected chi connectivity index (χ4v) is 3.37. The number of ether oxygens (including phenoxy) is 1. The minimum atomic E-state index is -1.23. The summed E-state index contributed by atoms with van der Waals surface area (Å²) in [7, 11) is 0. The van der Waals surface area contributed by atoms with Crippen molar-refractivity contribution in [1.82, 2.24) is 5.32 Å². The Kier molecular flexibility index (Phi) is 5.87. The van der Waals surface area contributed by atoms with Gasteiger partial charge in [-0.15, -0.1) is 6.58 Å². The maximum atomic E-state index is 11.2. The molecule has 3 rings (SSSR count). The Labute approximate surface area is 153 Å². The SMILES string of the molecule is C=CCNCCC(Cc1c2ccccc2cc2ccccc12)OC(=O)O. The first-order chi connectivity index (χ1) is 12.7. The molecule has 134 valence electrons. The Morgan fingerprint density at radius 2 is 1.73 bits per heavy atom. The van der Waals surface area contributed by atoms with Crippen molar-refractivity contribution >= 4 is 27.7 Å². The van der Waals surface area contributed by atoms with Crippen LogP contribution in [-0.2, 0) is 11.2 Å². The average molecular weight is 349 g/mol. The van der Waals surface area contributed by atoms with Gasteiger partial charge in [0.25, 0.3) is 0 Å². The maximum absolute atomic E-state index is 11.2. The Morgan fingerprint density at radius 1 is 1.12 bits per heavy atom. The van der Waals surface area contributed by atoms with Gasteiger partial charge in [0.1, 0.15) is 6.10 Å². The molecule has 0 radical (unpaired) electrons. The molecule has 0 bridgehead atoms. The molecule has 0 aliphatic carbocycles. The molecule has 0 heterocycles. The van der Waals surface area contributed by atoms with Gasteiger partial charge in [-0.25, -0.2) is 4.79 Å². The Balaban J connectivity index is 1.97. The molecule has 26 heavy (non-hydrogen) atoms. The highest BCUT2D eigenvalue weighted by Crippen LogP contribution is 2.30. The van der Waals surface area contributed by atoms with Crippen LogP contribution < -0.4 is 5.32 Å². The first-order valence-corrected chi connectivity index (χ1v) is 8.79. The summed E-state index contributed by atoms with van der Waals surface area (Å²) in [6, 6.07) is 18.6. The lowest BCUT2D eigenvalue weighted by atomic mass is 9.92. The number of rotatable bonds is 8. The van der Waals surface area contributed by atoms with Gasteiger partial charge < -0.3 is 15.2 Å². The van der Waals surface area contributed by atoms with E-state index in [1.807, 2.05) is 24.3 Å². The van der Waals surface area contributed by atoms with Gasteiger partial charge in [0.15, 0.2) is 0 Å². The highest BCUT2D eigenvalue weighted by molar-refractivity contribution is 6.02.